The van der Waals surface area contributed by atoms with Gasteiger partial charge in [-0.05, 0) is 18.2 Å². The molecule has 0 spiro atoms. The third kappa shape index (κ3) is 3.13. The molecule has 0 heterocycles. The van der Waals surface area contributed by atoms with Crippen molar-refractivity contribution in [2.75, 3.05) is 5.73 Å². The zero-order valence-electron chi connectivity index (χ0n) is 10.5. The average molecular weight is 299 g/mol. The number of carbonyl (C=O) groups is 1. The maximum Gasteiger partial charge on any atom is 0.341 e. The zero-order chi connectivity index (χ0) is 15.6. The van der Waals surface area contributed by atoms with Gasteiger partial charge in [0.25, 0.3) is 0 Å². The predicted molar refractivity (Wildman–Crippen MR) is 66.2 cm³/mol. The number of anilines is 1. The van der Waals surface area contributed by atoms with E-state index in [0.29, 0.717) is 12.1 Å². The Morgan fingerprint density at radius 2 is 1.62 bits per heavy atom. The Bertz CT molecular complexity index is 683. The molecule has 3 nitrogen and oxygen atoms in total. The van der Waals surface area contributed by atoms with Gasteiger partial charge in [-0.1, -0.05) is 6.07 Å². The van der Waals surface area contributed by atoms with Gasteiger partial charge in [-0.15, -0.1) is 0 Å². The number of rotatable bonds is 3. The van der Waals surface area contributed by atoms with Crippen LogP contribution < -0.4 is 5.73 Å². The SMILES string of the molecule is Nc1cc(F)c(C(=O)OCc2c(F)cccc2F)cc1F. The van der Waals surface area contributed by atoms with Gasteiger partial charge in [0.05, 0.1) is 16.8 Å². The molecule has 110 valence electrons. The van der Waals surface area contributed by atoms with E-state index in [1.54, 1.807) is 0 Å². The second-order valence-corrected chi connectivity index (χ2v) is 4.13. The normalized spacial score (nSPS) is 10.5. The molecule has 0 radical (unpaired) electrons. The largest absolute Gasteiger partial charge is 0.457 e. The Balaban J connectivity index is 2.18. The molecule has 0 unspecified atom stereocenters. The number of nitrogen functional groups attached to an aromatic ring is 1. The molecule has 2 rings (SSSR count). The first-order chi connectivity index (χ1) is 9.90. The summed E-state index contributed by atoms with van der Waals surface area (Å²) in [5.41, 5.74) is 3.47. The highest BCUT2D eigenvalue weighted by molar-refractivity contribution is 5.90. The fraction of sp³-hybridized carbons (Fsp3) is 0.0714. The van der Waals surface area contributed by atoms with E-state index in [-0.39, 0.29) is 0 Å². The number of hydrogen-bond acceptors (Lipinski definition) is 3. The van der Waals surface area contributed by atoms with Crippen LogP contribution in [-0.2, 0) is 11.3 Å². The standard InChI is InChI=1S/C14H9F4NO2/c15-9-2-1-3-10(16)8(9)6-21-14(20)7-4-12(18)13(19)5-11(7)17/h1-5H,6,19H2. The molecule has 7 heteroatoms. The van der Waals surface area contributed by atoms with Crippen LogP contribution in [0.4, 0.5) is 23.2 Å². The van der Waals surface area contributed by atoms with Crippen molar-refractivity contribution in [3.05, 3.63) is 64.7 Å². The summed E-state index contributed by atoms with van der Waals surface area (Å²) in [6, 6.07) is 4.29. The summed E-state index contributed by atoms with van der Waals surface area (Å²) >= 11 is 0. The molecule has 0 atom stereocenters. The van der Waals surface area contributed by atoms with E-state index in [1.165, 1.54) is 0 Å². The van der Waals surface area contributed by atoms with Gasteiger partial charge in [0.1, 0.15) is 29.9 Å². The summed E-state index contributed by atoms with van der Waals surface area (Å²) in [6.45, 7) is -0.747. The molecule has 2 aromatic carbocycles. The van der Waals surface area contributed by atoms with Crippen LogP contribution in [0.5, 0.6) is 0 Å². The van der Waals surface area contributed by atoms with E-state index in [1.807, 2.05) is 0 Å². The highest BCUT2D eigenvalue weighted by Crippen LogP contribution is 2.19. The molecule has 21 heavy (non-hydrogen) atoms. The molecular formula is C14H9F4NO2. The average Bonchev–Trinajstić information content (AvgIpc) is 2.42. The fourth-order valence-electron chi connectivity index (χ4n) is 1.60. The second-order valence-electron chi connectivity index (χ2n) is 4.13. The minimum absolute atomic E-state index is 0.468. The summed E-state index contributed by atoms with van der Waals surface area (Å²) in [4.78, 5) is 11.6. The predicted octanol–water partition coefficient (Wildman–Crippen LogP) is 3.18. The number of ether oxygens (including phenoxy) is 1. The molecule has 0 bridgehead atoms. The van der Waals surface area contributed by atoms with Crippen molar-refractivity contribution in [2.24, 2.45) is 0 Å². The lowest BCUT2D eigenvalue weighted by Gasteiger charge is -2.08. The van der Waals surface area contributed by atoms with E-state index in [0.717, 1.165) is 18.2 Å². The van der Waals surface area contributed by atoms with Gasteiger partial charge < -0.3 is 10.5 Å². The first kappa shape index (κ1) is 14.8. The molecule has 2 aromatic rings. The van der Waals surface area contributed by atoms with Crippen LogP contribution in [0.25, 0.3) is 0 Å². The Hall–Kier alpha value is -2.57. The monoisotopic (exact) mass is 299 g/mol. The molecule has 0 amide bonds. The van der Waals surface area contributed by atoms with Gasteiger partial charge in [-0.3, -0.25) is 0 Å². The maximum atomic E-state index is 13.5. The summed E-state index contributed by atoms with van der Waals surface area (Å²) < 4.78 is 57.9. The van der Waals surface area contributed by atoms with Crippen LogP contribution in [0.15, 0.2) is 30.3 Å². The van der Waals surface area contributed by atoms with Crippen LogP contribution >= 0.6 is 0 Å². The van der Waals surface area contributed by atoms with Crippen molar-refractivity contribution in [2.45, 2.75) is 6.61 Å². The minimum Gasteiger partial charge on any atom is -0.457 e. The van der Waals surface area contributed by atoms with Gasteiger partial charge >= 0.3 is 5.97 Å². The summed E-state index contributed by atoms with van der Waals surface area (Å²) in [5.74, 6) is -5.17. The number of halogens is 4. The maximum absolute atomic E-state index is 13.5. The van der Waals surface area contributed by atoms with E-state index >= 15 is 0 Å². The smallest absolute Gasteiger partial charge is 0.341 e. The molecule has 0 aliphatic heterocycles. The Labute approximate surface area is 116 Å². The fourth-order valence-corrected chi connectivity index (χ4v) is 1.60. The molecular weight excluding hydrogens is 290 g/mol. The molecule has 2 N–H and O–H groups in total. The zero-order valence-corrected chi connectivity index (χ0v) is 10.5. The van der Waals surface area contributed by atoms with E-state index < -0.39 is 52.7 Å². The van der Waals surface area contributed by atoms with Crippen molar-refractivity contribution >= 4 is 11.7 Å². The van der Waals surface area contributed by atoms with Gasteiger partial charge in [-0.25, -0.2) is 22.4 Å². The highest BCUT2D eigenvalue weighted by Gasteiger charge is 2.18. The van der Waals surface area contributed by atoms with Crippen LogP contribution in [0.1, 0.15) is 15.9 Å². The molecule has 0 aliphatic rings. The molecule has 0 saturated heterocycles. The number of esters is 1. The second kappa shape index (κ2) is 5.82. The molecule has 0 aromatic heterocycles. The summed E-state index contributed by atoms with van der Waals surface area (Å²) in [5, 5.41) is 0. The number of hydrogen-bond donors (Lipinski definition) is 1. The van der Waals surface area contributed by atoms with Crippen LogP contribution in [0.3, 0.4) is 0 Å². The van der Waals surface area contributed by atoms with Crippen molar-refractivity contribution < 1.29 is 27.1 Å². The Morgan fingerprint density at radius 1 is 1.00 bits per heavy atom. The van der Waals surface area contributed by atoms with Crippen LogP contribution in [-0.4, -0.2) is 5.97 Å². The van der Waals surface area contributed by atoms with Gasteiger partial charge in [-0.2, -0.15) is 0 Å². The van der Waals surface area contributed by atoms with Crippen molar-refractivity contribution in [3.8, 4) is 0 Å². The van der Waals surface area contributed by atoms with Gasteiger partial charge in [0.2, 0.25) is 0 Å². The lowest BCUT2D eigenvalue weighted by atomic mass is 10.2. The van der Waals surface area contributed by atoms with Crippen LogP contribution in [0, 0.1) is 23.3 Å². The van der Waals surface area contributed by atoms with Gasteiger partial charge in [0, 0.05) is 6.07 Å². The first-order valence-corrected chi connectivity index (χ1v) is 5.74. The lowest BCUT2D eigenvalue weighted by molar-refractivity contribution is 0.0459. The topological polar surface area (TPSA) is 52.3 Å². The number of benzene rings is 2. The van der Waals surface area contributed by atoms with E-state index in [2.05, 4.69) is 4.74 Å². The molecule has 0 saturated carbocycles. The van der Waals surface area contributed by atoms with Gasteiger partial charge in [0.15, 0.2) is 0 Å². The third-order valence-corrected chi connectivity index (χ3v) is 2.72. The molecule has 0 aliphatic carbocycles. The minimum atomic E-state index is -1.26. The highest BCUT2D eigenvalue weighted by atomic mass is 19.1. The summed E-state index contributed by atoms with van der Waals surface area (Å²) in [7, 11) is 0. The van der Waals surface area contributed by atoms with Crippen LogP contribution in [0.2, 0.25) is 0 Å². The first-order valence-electron chi connectivity index (χ1n) is 5.74. The summed E-state index contributed by atoms with van der Waals surface area (Å²) in [6.07, 6.45) is 0. The Kier molecular flexibility index (Phi) is 4.11. The van der Waals surface area contributed by atoms with Crippen molar-refractivity contribution in [1.29, 1.82) is 0 Å². The lowest BCUT2D eigenvalue weighted by Crippen LogP contribution is -2.10. The van der Waals surface area contributed by atoms with Crippen molar-refractivity contribution in [3.63, 3.8) is 0 Å². The Morgan fingerprint density at radius 3 is 2.24 bits per heavy atom. The molecule has 0 fully saturated rings. The van der Waals surface area contributed by atoms with E-state index in [4.69, 9.17) is 5.73 Å². The quantitative estimate of drug-likeness (QED) is 0.538. The van der Waals surface area contributed by atoms with Crippen molar-refractivity contribution in [1.82, 2.24) is 0 Å². The number of carbonyl (C=O) groups excluding carboxylic acids is 1. The number of nitrogens with two attached hydrogens (primary N) is 1. The third-order valence-electron chi connectivity index (χ3n) is 2.72. The van der Waals surface area contributed by atoms with E-state index in [9.17, 15) is 22.4 Å².